The zero-order valence-corrected chi connectivity index (χ0v) is 21.3. The topological polar surface area (TPSA) is 56.2 Å². The molecule has 0 saturated heterocycles. The summed E-state index contributed by atoms with van der Waals surface area (Å²) in [5, 5.41) is 6.21. The highest BCUT2D eigenvalue weighted by Gasteiger charge is 2.20. The molecule has 1 amide bonds. The summed E-state index contributed by atoms with van der Waals surface area (Å²) in [6.07, 6.45) is 10.4. The molecular weight excluding hydrogens is 442 g/mol. The van der Waals surface area contributed by atoms with Crippen LogP contribution in [0.5, 0.6) is 5.75 Å². The summed E-state index contributed by atoms with van der Waals surface area (Å²) in [5.41, 5.74) is 6.25. The maximum atomic E-state index is 13.1. The number of rotatable bonds is 10. The summed E-state index contributed by atoms with van der Waals surface area (Å²) in [7, 11) is 1.67. The second kappa shape index (κ2) is 11.5. The minimum absolute atomic E-state index is 0.0102. The van der Waals surface area contributed by atoms with Crippen molar-refractivity contribution >= 4 is 17.2 Å². The van der Waals surface area contributed by atoms with Crippen LogP contribution < -0.4 is 10.1 Å². The Kier molecular flexibility index (Phi) is 8.22. The lowest BCUT2D eigenvalue weighted by atomic mass is 9.97. The molecule has 1 aliphatic carbocycles. The Hall–Kier alpha value is -2.86. The van der Waals surface area contributed by atoms with E-state index in [1.165, 1.54) is 31.3 Å². The molecule has 0 bridgehead atoms. The molecule has 6 heteroatoms. The van der Waals surface area contributed by atoms with Crippen molar-refractivity contribution in [3.05, 3.63) is 58.6 Å². The van der Waals surface area contributed by atoms with Gasteiger partial charge >= 0.3 is 0 Å². The van der Waals surface area contributed by atoms with Crippen molar-refractivity contribution in [2.45, 2.75) is 65.3 Å². The van der Waals surface area contributed by atoms with Gasteiger partial charge in [0.15, 0.2) is 0 Å². The number of nitrogens with one attached hydrogen (secondary N) is 1. The minimum atomic E-state index is 0.0102. The van der Waals surface area contributed by atoms with E-state index in [1.807, 2.05) is 30.3 Å². The lowest BCUT2D eigenvalue weighted by Gasteiger charge is -2.13. The van der Waals surface area contributed by atoms with E-state index < -0.39 is 0 Å². The van der Waals surface area contributed by atoms with Gasteiger partial charge in [0.1, 0.15) is 10.8 Å². The largest absolute Gasteiger partial charge is 0.497 e. The van der Waals surface area contributed by atoms with Crippen LogP contribution in [0.3, 0.4) is 0 Å². The number of methoxy groups -OCH3 is 1. The van der Waals surface area contributed by atoms with Crippen LogP contribution in [0, 0.1) is 6.92 Å². The number of carbonyl (C=O) groups is 1. The number of ether oxygens (including phenoxy) is 1. The third-order valence-corrected chi connectivity index (χ3v) is 7.46. The number of aromatic nitrogens is 2. The highest BCUT2D eigenvalue weighted by atomic mass is 32.1. The van der Waals surface area contributed by atoms with Gasteiger partial charge in [-0.1, -0.05) is 25.0 Å². The number of thiazole rings is 1. The summed E-state index contributed by atoms with van der Waals surface area (Å²) in [4.78, 5) is 18.0. The van der Waals surface area contributed by atoms with Crippen molar-refractivity contribution in [2.24, 2.45) is 0 Å². The smallest absolute Gasteiger partial charge is 0.253 e. The van der Waals surface area contributed by atoms with Crippen molar-refractivity contribution in [1.29, 1.82) is 0 Å². The van der Waals surface area contributed by atoms with Gasteiger partial charge in [0.25, 0.3) is 5.91 Å². The van der Waals surface area contributed by atoms with E-state index in [-0.39, 0.29) is 5.91 Å². The van der Waals surface area contributed by atoms with E-state index in [0.29, 0.717) is 6.54 Å². The summed E-state index contributed by atoms with van der Waals surface area (Å²) in [6, 6.07) is 9.99. The number of hydrogen-bond acceptors (Lipinski definition) is 4. The van der Waals surface area contributed by atoms with Gasteiger partial charge < -0.3 is 14.6 Å². The molecule has 2 heterocycles. The van der Waals surface area contributed by atoms with E-state index in [1.54, 1.807) is 18.4 Å². The fraction of sp³-hybridized carbons (Fsp3) is 0.429. The molecule has 5 nitrogen and oxygen atoms in total. The maximum Gasteiger partial charge on any atom is 0.253 e. The Labute approximate surface area is 206 Å². The predicted octanol–water partition coefficient (Wildman–Crippen LogP) is 7.02. The van der Waals surface area contributed by atoms with Crippen LogP contribution >= 0.6 is 11.3 Å². The average molecular weight is 478 g/mol. The van der Waals surface area contributed by atoms with Crippen LogP contribution in [-0.4, -0.2) is 29.1 Å². The second-order valence-corrected chi connectivity index (χ2v) is 9.77. The summed E-state index contributed by atoms with van der Waals surface area (Å²) in [6.45, 7) is 5.82. The Morgan fingerprint density at radius 3 is 2.76 bits per heavy atom. The third-order valence-electron chi connectivity index (χ3n) is 6.57. The number of allylic oxidation sites excluding steroid dienone is 1. The number of hydrogen-bond donors (Lipinski definition) is 1. The first-order valence-corrected chi connectivity index (χ1v) is 13.2. The molecule has 1 N–H and O–H groups in total. The number of unbranched alkanes of at least 4 members (excludes halogenated alkanes) is 1. The fourth-order valence-electron chi connectivity index (χ4n) is 4.51. The molecule has 180 valence electrons. The van der Waals surface area contributed by atoms with Crippen molar-refractivity contribution in [1.82, 2.24) is 14.9 Å². The van der Waals surface area contributed by atoms with Crippen LogP contribution in [0.4, 0.5) is 0 Å². The lowest BCUT2D eigenvalue weighted by Crippen LogP contribution is -2.25. The first-order chi connectivity index (χ1) is 16.6. The van der Waals surface area contributed by atoms with E-state index in [0.717, 1.165) is 64.8 Å². The van der Waals surface area contributed by atoms with Crippen LogP contribution in [0.2, 0.25) is 0 Å². The van der Waals surface area contributed by atoms with Crippen LogP contribution in [0.15, 0.2) is 47.4 Å². The van der Waals surface area contributed by atoms with Gasteiger partial charge in [-0.3, -0.25) is 4.79 Å². The average Bonchev–Trinajstić information content (AvgIpc) is 3.48. The summed E-state index contributed by atoms with van der Waals surface area (Å²) in [5.74, 6) is 0.844. The first kappa shape index (κ1) is 24.3. The lowest BCUT2D eigenvalue weighted by molar-refractivity contribution is 0.0953. The molecule has 0 radical (unpaired) electrons. The molecule has 1 aromatic carbocycles. The molecule has 0 atom stereocenters. The maximum absolute atomic E-state index is 13.1. The molecule has 4 rings (SSSR count). The Balaban J connectivity index is 1.54. The van der Waals surface area contributed by atoms with Crippen molar-refractivity contribution in [3.63, 3.8) is 0 Å². The Bertz CT molecular complexity index is 1140. The van der Waals surface area contributed by atoms with Crippen molar-refractivity contribution < 1.29 is 9.53 Å². The Morgan fingerprint density at radius 2 is 2.06 bits per heavy atom. The molecule has 0 fully saturated rings. The highest BCUT2D eigenvalue weighted by Crippen LogP contribution is 2.32. The van der Waals surface area contributed by atoms with Crippen molar-refractivity contribution in [3.8, 4) is 27.7 Å². The molecule has 0 spiro atoms. The van der Waals surface area contributed by atoms with Crippen LogP contribution in [-0.2, 0) is 6.54 Å². The molecule has 2 aromatic heterocycles. The van der Waals surface area contributed by atoms with Gasteiger partial charge in [0.05, 0.1) is 24.1 Å². The van der Waals surface area contributed by atoms with Crippen LogP contribution in [0.1, 0.15) is 67.9 Å². The summed E-state index contributed by atoms with van der Waals surface area (Å²) < 4.78 is 7.53. The van der Waals surface area contributed by atoms with E-state index in [9.17, 15) is 4.79 Å². The number of nitrogens with zero attached hydrogens (tertiary/aromatic N) is 2. The van der Waals surface area contributed by atoms with Gasteiger partial charge in [-0.05, 0) is 75.8 Å². The monoisotopic (exact) mass is 477 g/mol. The van der Waals surface area contributed by atoms with E-state index in [2.05, 4.69) is 35.2 Å². The molecule has 0 unspecified atom stereocenters. The summed E-state index contributed by atoms with van der Waals surface area (Å²) >= 11 is 1.62. The van der Waals surface area contributed by atoms with Gasteiger partial charge in [0.2, 0.25) is 0 Å². The Morgan fingerprint density at radius 1 is 1.24 bits per heavy atom. The molecule has 0 aliphatic heterocycles. The molecule has 1 aliphatic rings. The van der Waals surface area contributed by atoms with E-state index >= 15 is 0 Å². The SMILES string of the molecule is CCCCn1c(-c2csc(-c3ccc(OC)cc3)n2)cc(C(=O)NCCC2=CCCCC2)c1C. The minimum Gasteiger partial charge on any atom is -0.497 e. The highest BCUT2D eigenvalue weighted by molar-refractivity contribution is 7.13. The molecule has 0 saturated carbocycles. The quantitative estimate of drug-likeness (QED) is 0.319. The molecule has 3 aromatic rings. The van der Waals surface area contributed by atoms with Crippen molar-refractivity contribution in [2.75, 3.05) is 13.7 Å². The van der Waals surface area contributed by atoms with Gasteiger partial charge in [-0.25, -0.2) is 4.98 Å². The normalized spacial score (nSPS) is 13.6. The zero-order chi connectivity index (χ0) is 23.9. The number of carbonyl (C=O) groups excluding carboxylic acids is 1. The second-order valence-electron chi connectivity index (χ2n) is 8.91. The van der Waals surface area contributed by atoms with Gasteiger partial charge in [-0.15, -0.1) is 11.3 Å². The van der Waals surface area contributed by atoms with Gasteiger partial charge in [0, 0.05) is 29.7 Å². The van der Waals surface area contributed by atoms with Crippen LogP contribution in [0.25, 0.3) is 22.0 Å². The van der Waals surface area contributed by atoms with E-state index in [4.69, 9.17) is 9.72 Å². The number of amides is 1. The molecule has 34 heavy (non-hydrogen) atoms. The molecular formula is C28H35N3O2S. The standard InChI is InChI=1S/C28H35N3O2S/c1-4-5-17-31-20(2)24(27(32)29-16-15-21-9-7-6-8-10-21)18-26(31)25-19-34-28(30-25)22-11-13-23(33-3)14-12-22/h9,11-14,18-19H,4-8,10,15-17H2,1-3H3,(H,29,32). The predicted molar refractivity (Wildman–Crippen MR) is 141 cm³/mol. The van der Waals surface area contributed by atoms with Gasteiger partial charge in [-0.2, -0.15) is 0 Å². The number of benzene rings is 1. The fourth-order valence-corrected chi connectivity index (χ4v) is 5.33. The first-order valence-electron chi connectivity index (χ1n) is 12.4. The third kappa shape index (κ3) is 5.61. The zero-order valence-electron chi connectivity index (χ0n) is 20.5.